The lowest BCUT2D eigenvalue weighted by Gasteiger charge is -2.40. The predicted octanol–water partition coefficient (Wildman–Crippen LogP) is 2.37. The summed E-state index contributed by atoms with van der Waals surface area (Å²) in [5.74, 6) is -0.410. The number of nitrogens with zero attached hydrogens (tertiary/aromatic N) is 1. The molecule has 2 aliphatic rings. The molecule has 2 fully saturated rings. The fourth-order valence-electron chi connectivity index (χ4n) is 2.72. The van der Waals surface area contributed by atoms with Gasteiger partial charge in [0.15, 0.2) is 5.79 Å². The summed E-state index contributed by atoms with van der Waals surface area (Å²) in [5.41, 5.74) is 7.92. The molecule has 4 nitrogen and oxygen atoms in total. The third-order valence-corrected chi connectivity index (χ3v) is 4.06. The van der Waals surface area contributed by atoms with Crippen LogP contribution in [0.5, 0.6) is 0 Å². The lowest BCUT2D eigenvalue weighted by molar-refractivity contribution is -0.161. The van der Waals surface area contributed by atoms with Crippen LogP contribution in [0.3, 0.4) is 0 Å². The molecule has 2 aliphatic heterocycles. The van der Waals surface area contributed by atoms with E-state index in [2.05, 4.69) is 26.9 Å². The quantitative estimate of drug-likeness (QED) is 0.809. The molecule has 98 valence electrons. The molecule has 3 rings (SSSR count). The second kappa shape index (κ2) is 4.72. The highest BCUT2D eigenvalue weighted by molar-refractivity contribution is 9.10. The summed E-state index contributed by atoms with van der Waals surface area (Å²) in [6, 6.07) is 5.95. The molecule has 2 saturated heterocycles. The van der Waals surface area contributed by atoms with Crippen LogP contribution in [0.1, 0.15) is 12.8 Å². The van der Waals surface area contributed by atoms with Crippen LogP contribution in [0.4, 0.5) is 11.4 Å². The molecule has 5 heteroatoms. The summed E-state index contributed by atoms with van der Waals surface area (Å²) in [5, 5.41) is 0. The van der Waals surface area contributed by atoms with Gasteiger partial charge in [-0.3, -0.25) is 0 Å². The topological polar surface area (TPSA) is 47.7 Å². The maximum atomic E-state index is 6.06. The fourth-order valence-corrected chi connectivity index (χ4v) is 3.07. The van der Waals surface area contributed by atoms with Gasteiger partial charge in [-0.15, -0.1) is 0 Å². The number of benzene rings is 1. The van der Waals surface area contributed by atoms with Crippen molar-refractivity contribution in [3.8, 4) is 0 Å². The van der Waals surface area contributed by atoms with Gasteiger partial charge in [0, 0.05) is 17.4 Å². The molecule has 0 atom stereocenters. The fraction of sp³-hybridized carbons (Fsp3) is 0.538. The van der Waals surface area contributed by atoms with Crippen molar-refractivity contribution in [3.63, 3.8) is 0 Å². The van der Waals surface area contributed by atoms with Gasteiger partial charge in [0.2, 0.25) is 0 Å². The van der Waals surface area contributed by atoms with Gasteiger partial charge in [-0.05, 0) is 24.6 Å². The zero-order valence-electron chi connectivity index (χ0n) is 10.2. The molecule has 1 aromatic rings. The SMILES string of the molecule is Nc1ccc(Br)cc1N1CCCC2(C1)OCCO2. The van der Waals surface area contributed by atoms with E-state index in [-0.39, 0.29) is 0 Å². The van der Waals surface area contributed by atoms with Gasteiger partial charge >= 0.3 is 0 Å². The van der Waals surface area contributed by atoms with E-state index in [0.717, 1.165) is 41.8 Å². The van der Waals surface area contributed by atoms with Crippen LogP contribution in [0.15, 0.2) is 22.7 Å². The minimum absolute atomic E-state index is 0.410. The Bertz CT molecular complexity index is 447. The van der Waals surface area contributed by atoms with Gasteiger partial charge in [-0.2, -0.15) is 0 Å². The summed E-state index contributed by atoms with van der Waals surface area (Å²) >= 11 is 3.49. The van der Waals surface area contributed by atoms with Gasteiger partial charge in [0.05, 0.1) is 31.1 Å². The van der Waals surface area contributed by atoms with Crippen LogP contribution in [0.2, 0.25) is 0 Å². The maximum Gasteiger partial charge on any atom is 0.186 e. The van der Waals surface area contributed by atoms with Crippen molar-refractivity contribution < 1.29 is 9.47 Å². The number of nitrogen functional groups attached to an aromatic ring is 1. The third-order valence-electron chi connectivity index (χ3n) is 3.56. The third kappa shape index (κ3) is 2.22. The van der Waals surface area contributed by atoms with E-state index in [4.69, 9.17) is 15.2 Å². The normalized spacial score (nSPS) is 22.6. The van der Waals surface area contributed by atoms with Crippen molar-refractivity contribution in [1.29, 1.82) is 0 Å². The van der Waals surface area contributed by atoms with Crippen LogP contribution in [0.25, 0.3) is 0 Å². The average molecular weight is 313 g/mol. The molecule has 18 heavy (non-hydrogen) atoms. The van der Waals surface area contributed by atoms with Crippen LogP contribution in [0, 0.1) is 0 Å². The smallest absolute Gasteiger partial charge is 0.186 e. The molecular weight excluding hydrogens is 296 g/mol. The van der Waals surface area contributed by atoms with E-state index < -0.39 is 5.79 Å². The molecule has 0 aliphatic carbocycles. The Morgan fingerprint density at radius 3 is 2.83 bits per heavy atom. The zero-order chi connectivity index (χ0) is 12.6. The van der Waals surface area contributed by atoms with Crippen LogP contribution < -0.4 is 10.6 Å². The Morgan fingerprint density at radius 1 is 1.28 bits per heavy atom. The molecule has 0 bridgehead atoms. The summed E-state index contributed by atoms with van der Waals surface area (Å²) in [7, 11) is 0. The average Bonchev–Trinajstić information content (AvgIpc) is 2.80. The number of halogens is 1. The predicted molar refractivity (Wildman–Crippen MR) is 74.6 cm³/mol. The zero-order valence-corrected chi connectivity index (χ0v) is 11.8. The summed E-state index contributed by atoms with van der Waals surface area (Å²) < 4.78 is 12.6. The van der Waals surface area contributed by atoms with E-state index in [1.807, 2.05) is 12.1 Å². The second-order valence-corrected chi connectivity index (χ2v) is 5.75. The van der Waals surface area contributed by atoms with E-state index in [0.29, 0.717) is 13.2 Å². The first-order valence-electron chi connectivity index (χ1n) is 6.26. The molecule has 0 saturated carbocycles. The summed E-state index contributed by atoms with van der Waals surface area (Å²) in [6.07, 6.45) is 2.03. The van der Waals surface area contributed by atoms with Crippen molar-refractivity contribution in [2.75, 3.05) is 36.9 Å². The molecule has 0 amide bonds. The second-order valence-electron chi connectivity index (χ2n) is 4.84. The highest BCUT2D eigenvalue weighted by Crippen LogP contribution is 2.35. The maximum absolute atomic E-state index is 6.06. The molecule has 2 heterocycles. The van der Waals surface area contributed by atoms with Gasteiger partial charge in [-0.25, -0.2) is 0 Å². The molecule has 0 radical (unpaired) electrons. The largest absolute Gasteiger partial charge is 0.397 e. The molecule has 0 aromatic heterocycles. The summed E-state index contributed by atoms with van der Waals surface area (Å²) in [6.45, 7) is 3.15. The van der Waals surface area contributed by atoms with Crippen molar-refractivity contribution in [1.82, 2.24) is 0 Å². The van der Waals surface area contributed by atoms with E-state index in [1.54, 1.807) is 0 Å². The van der Waals surface area contributed by atoms with Crippen molar-refractivity contribution in [2.24, 2.45) is 0 Å². The Kier molecular flexibility index (Phi) is 3.21. The van der Waals surface area contributed by atoms with E-state index in [9.17, 15) is 0 Å². The Balaban J connectivity index is 1.85. The molecule has 0 unspecified atom stereocenters. The number of rotatable bonds is 1. The van der Waals surface area contributed by atoms with Crippen molar-refractivity contribution in [3.05, 3.63) is 22.7 Å². The standard InChI is InChI=1S/C13H17BrN2O2/c14-10-2-3-11(15)12(8-10)16-5-1-4-13(9-16)17-6-7-18-13/h2-3,8H,1,4-7,9,15H2. The van der Waals surface area contributed by atoms with Gasteiger partial charge in [-0.1, -0.05) is 15.9 Å². The number of piperidine rings is 1. The Labute approximate surface area is 115 Å². The van der Waals surface area contributed by atoms with Crippen LogP contribution >= 0.6 is 15.9 Å². The first kappa shape index (κ1) is 12.3. The number of nitrogens with two attached hydrogens (primary N) is 1. The Morgan fingerprint density at radius 2 is 2.06 bits per heavy atom. The van der Waals surface area contributed by atoms with Crippen molar-refractivity contribution in [2.45, 2.75) is 18.6 Å². The lowest BCUT2D eigenvalue weighted by Crippen LogP contribution is -2.49. The highest BCUT2D eigenvalue weighted by Gasteiger charge is 2.41. The number of hydrogen-bond acceptors (Lipinski definition) is 4. The molecular formula is C13H17BrN2O2. The lowest BCUT2D eigenvalue weighted by atomic mass is 10.0. The monoisotopic (exact) mass is 312 g/mol. The van der Waals surface area contributed by atoms with Crippen LogP contribution in [-0.4, -0.2) is 32.1 Å². The minimum atomic E-state index is -0.410. The molecule has 1 spiro atoms. The highest BCUT2D eigenvalue weighted by atomic mass is 79.9. The molecule has 2 N–H and O–H groups in total. The first-order valence-corrected chi connectivity index (χ1v) is 7.06. The van der Waals surface area contributed by atoms with Crippen molar-refractivity contribution >= 4 is 27.3 Å². The van der Waals surface area contributed by atoms with Gasteiger partial charge in [0.1, 0.15) is 0 Å². The Hall–Kier alpha value is -0.780. The number of ether oxygens (including phenoxy) is 2. The number of hydrogen-bond donors (Lipinski definition) is 1. The van der Waals surface area contributed by atoms with Crippen LogP contribution in [-0.2, 0) is 9.47 Å². The van der Waals surface area contributed by atoms with E-state index >= 15 is 0 Å². The number of anilines is 2. The van der Waals surface area contributed by atoms with Gasteiger partial charge in [0.25, 0.3) is 0 Å². The minimum Gasteiger partial charge on any atom is -0.397 e. The van der Waals surface area contributed by atoms with Gasteiger partial charge < -0.3 is 20.1 Å². The summed E-state index contributed by atoms with van der Waals surface area (Å²) in [4.78, 5) is 2.26. The first-order chi connectivity index (χ1) is 8.69. The molecule has 1 aromatic carbocycles. The van der Waals surface area contributed by atoms with E-state index in [1.165, 1.54) is 0 Å².